The van der Waals surface area contributed by atoms with Crippen molar-refractivity contribution in [2.45, 2.75) is 51.4 Å². The van der Waals surface area contributed by atoms with Gasteiger partial charge in [-0.05, 0) is 61.7 Å². The number of rotatable bonds is 9. The summed E-state index contributed by atoms with van der Waals surface area (Å²) in [6, 6.07) is 10.1. The smallest absolute Gasteiger partial charge is 0.253 e. The lowest BCUT2D eigenvalue weighted by atomic mass is 10.0. The minimum absolute atomic E-state index is 0.134. The number of halogens is 3. The summed E-state index contributed by atoms with van der Waals surface area (Å²) in [5.74, 6) is 0.552. The van der Waals surface area contributed by atoms with Crippen LogP contribution in [-0.4, -0.2) is 32.3 Å². The lowest BCUT2D eigenvalue weighted by Gasteiger charge is -2.16. The monoisotopic (exact) mass is 597 g/mol. The van der Waals surface area contributed by atoms with Crippen LogP contribution in [-0.2, 0) is 11.3 Å². The van der Waals surface area contributed by atoms with Crippen LogP contribution in [0.25, 0.3) is 0 Å². The van der Waals surface area contributed by atoms with Crippen LogP contribution in [0.5, 0.6) is 0 Å². The maximum atomic E-state index is 12.7. The molecule has 3 rings (SSSR count). The van der Waals surface area contributed by atoms with E-state index in [4.69, 9.17) is 23.2 Å². The molecule has 0 bridgehead atoms. The highest BCUT2D eigenvalue weighted by molar-refractivity contribution is 9.10. The van der Waals surface area contributed by atoms with Gasteiger partial charge in [-0.3, -0.25) is 9.59 Å². The molecule has 7 nitrogen and oxygen atoms in total. The van der Waals surface area contributed by atoms with Crippen molar-refractivity contribution in [2.75, 3.05) is 11.1 Å². The van der Waals surface area contributed by atoms with E-state index in [-0.39, 0.29) is 28.5 Å². The lowest BCUT2D eigenvalue weighted by molar-refractivity contribution is -0.113. The molecule has 2 amide bonds. The molecule has 0 saturated heterocycles. The van der Waals surface area contributed by atoms with Gasteiger partial charge in [0.15, 0.2) is 11.0 Å². The number of amides is 2. The Hall–Kier alpha value is -2.07. The van der Waals surface area contributed by atoms with Crippen LogP contribution in [0.4, 0.5) is 5.69 Å². The van der Waals surface area contributed by atoms with Gasteiger partial charge in [-0.25, -0.2) is 0 Å². The van der Waals surface area contributed by atoms with E-state index in [1.165, 1.54) is 17.8 Å². The molecule has 0 radical (unpaired) electrons. The number of thioether (sulfide) groups is 1. The number of nitrogens with zero attached hydrogens (tertiary/aromatic N) is 3. The molecule has 0 spiro atoms. The fraction of sp³-hybridized carbons (Fsp3) is 0.333. The highest BCUT2D eigenvalue weighted by atomic mass is 79.9. The largest absolute Gasteiger partial charge is 0.342 e. The Morgan fingerprint density at radius 2 is 1.86 bits per heavy atom. The minimum atomic E-state index is -0.429. The number of anilines is 1. The normalized spacial score (nSPS) is 12.0. The molecule has 0 aliphatic heterocycles. The van der Waals surface area contributed by atoms with E-state index in [2.05, 4.69) is 50.6 Å². The molecule has 1 atom stereocenters. The van der Waals surface area contributed by atoms with Gasteiger partial charge in [-0.15, -0.1) is 10.2 Å². The van der Waals surface area contributed by atoms with Crippen LogP contribution in [0, 0.1) is 0 Å². The quantitative estimate of drug-likeness (QED) is 0.267. The van der Waals surface area contributed by atoms with Crippen molar-refractivity contribution in [2.24, 2.45) is 0 Å². The van der Waals surface area contributed by atoms with E-state index in [1.807, 2.05) is 36.6 Å². The number of nitrogens with one attached hydrogen (secondary N) is 2. The summed E-state index contributed by atoms with van der Waals surface area (Å²) < 4.78 is 2.85. The highest BCUT2D eigenvalue weighted by Crippen LogP contribution is 2.28. The maximum absolute atomic E-state index is 12.7. The molecule has 35 heavy (non-hydrogen) atoms. The molecule has 3 aromatic rings. The van der Waals surface area contributed by atoms with E-state index in [1.54, 1.807) is 12.1 Å². The van der Waals surface area contributed by atoms with E-state index in [9.17, 15) is 9.59 Å². The van der Waals surface area contributed by atoms with Crippen molar-refractivity contribution < 1.29 is 9.59 Å². The van der Waals surface area contributed by atoms with Gasteiger partial charge in [0.1, 0.15) is 0 Å². The fourth-order valence-corrected chi connectivity index (χ4v) is 5.16. The molecular weight excluding hydrogens is 573 g/mol. The van der Waals surface area contributed by atoms with Crippen LogP contribution in [0.2, 0.25) is 10.0 Å². The molecule has 1 aromatic heterocycles. The Bertz CT molecular complexity index is 1230. The number of carbonyl (C=O) groups is 2. The highest BCUT2D eigenvalue weighted by Gasteiger charge is 2.21. The summed E-state index contributed by atoms with van der Waals surface area (Å²) in [7, 11) is 0. The van der Waals surface area contributed by atoms with Gasteiger partial charge in [0.2, 0.25) is 5.91 Å². The first-order chi connectivity index (χ1) is 16.6. The van der Waals surface area contributed by atoms with Crippen LogP contribution in [0.3, 0.4) is 0 Å². The van der Waals surface area contributed by atoms with Gasteiger partial charge < -0.3 is 15.2 Å². The summed E-state index contributed by atoms with van der Waals surface area (Å²) in [5.41, 5.74) is 2.18. The zero-order chi connectivity index (χ0) is 25.7. The van der Waals surface area contributed by atoms with E-state index in [0.717, 1.165) is 15.7 Å². The topological polar surface area (TPSA) is 88.9 Å². The third-order valence-corrected chi connectivity index (χ3v) is 7.22. The molecule has 11 heteroatoms. The number of carbonyl (C=O) groups excluding carboxylic acids is 2. The molecule has 0 aliphatic rings. The zero-order valence-corrected chi connectivity index (χ0v) is 23.6. The molecule has 0 fully saturated rings. The van der Waals surface area contributed by atoms with Gasteiger partial charge in [-0.2, -0.15) is 0 Å². The maximum Gasteiger partial charge on any atom is 0.253 e. The summed E-state index contributed by atoms with van der Waals surface area (Å²) in [6.45, 7) is 8.52. The molecule has 0 unspecified atom stereocenters. The Kier molecular flexibility index (Phi) is 9.63. The van der Waals surface area contributed by atoms with Crippen molar-refractivity contribution in [3.8, 4) is 0 Å². The van der Waals surface area contributed by atoms with E-state index < -0.39 is 6.04 Å². The molecule has 0 saturated carbocycles. The van der Waals surface area contributed by atoms with Gasteiger partial charge in [0, 0.05) is 21.7 Å². The van der Waals surface area contributed by atoms with Gasteiger partial charge in [0.05, 0.1) is 22.4 Å². The molecule has 2 N–H and O–H groups in total. The lowest BCUT2D eigenvalue weighted by Crippen LogP contribution is -2.29. The summed E-state index contributed by atoms with van der Waals surface area (Å²) >= 11 is 16.9. The van der Waals surface area contributed by atoms with Crippen molar-refractivity contribution in [1.82, 2.24) is 20.1 Å². The Labute approximate surface area is 227 Å². The van der Waals surface area contributed by atoms with Gasteiger partial charge in [0.25, 0.3) is 5.91 Å². The Balaban J connectivity index is 1.66. The first kappa shape index (κ1) is 27.5. The first-order valence-electron chi connectivity index (χ1n) is 11.0. The number of hydrogen-bond acceptors (Lipinski definition) is 5. The summed E-state index contributed by atoms with van der Waals surface area (Å²) in [4.78, 5) is 25.4. The summed E-state index contributed by atoms with van der Waals surface area (Å²) in [6.07, 6.45) is 0. The van der Waals surface area contributed by atoms with E-state index in [0.29, 0.717) is 28.1 Å². The molecule has 0 aliphatic carbocycles. The second-order valence-electron chi connectivity index (χ2n) is 8.13. The van der Waals surface area contributed by atoms with Crippen molar-refractivity contribution in [3.63, 3.8) is 0 Å². The first-order valence-corrected chi connectivity index (χ1v) is 13.5. The molecule has 186 valence electrons. The predicted molar refractivity (Wildman–Crippen MR) is 146 cm³/mol. The molecule has 1 heterocycles. The fourth-order valence-electron chi connectivity index (χ4n) is 3.48. The van der Waals surface area contributed by atoms with Crippen molar-refractivity contribution in [3.05, 3.63) is 67.9 Å². The second-order valence-corrected chi connectivity index (χ2v) is 10.8. The van der Waals surface area contributed by atoms with Gasteiger partial charge in [-0.1, -0.05) is 64.7 Å². The average Bonchev–Trinajstić information content (AvgIpc) is 3.21. The average molecular weight is 599 g/mol. The van der Waals surface area contributed by atoms with Crippen molar-refractivity contribution >= 4 is 68.4 Å². The standard InChI is InChI=1S/C24H26BrCl2N5O2S/c1-5-32-22(14(4)28-23(34)17-8-7-16(26)11-19(17)27)30-31-24(32)35-12-21(33)29-20-9-6-15(25)10-18(20)13(2)3/h6-11,13-14H,5,12H2,1-4H3,(H,28,34)(H,29,33)/t14-/m0/s1. The number of benzene rings is 2. The van der Waals surface area contributed by atoms with E-state index >= 15 is 0 Å². The third kappa shape index (κ3) is 7.00. The van der Waals surface area contributed by atoms with Crippen LogP contribution in [0.1, 0.15) is 61.4 Å². The third-order valence-electron chi connectivity index (χ3n) is 5.21. The zero-order valence-electron chi connectivity index (χ0n) is 19.7. The van der Waals surface area contributed by atoms with Crippen LogP contribution < -0.4 is 10.6 Å². The SMILES string of the molecule is CCn1c(SCC(=O)Nc2ccc(Br)cc2C(C)C)nnc1[C@H](C)NC(=O)c1ccc(Cl)cc1Cl. The predicted octanol–water partition coefficient (Wildman–Crippen LogP) is 6.71. The number of aromatic nitrogens is 3. The molecular formula is C24H26BrCl2N5O2S. The number of hydrogen-bond donors (Lipinski definition) is 2. The Morgan fingerprint density at radius 1 is 1.11 bits per heavy atom. The second kappa shape index (κ2) is 12.3. The van der Waals surface area contributed by atoms with Crippen molar-refractivity contribution in [1.29, 1.82) is 0 Å². The van der Waals surface area contributed by atoms with Crippen LogP contribution >= 0.6 is 50.9 Å². The molecule has 2 aromatic carbocycles. The van der Waals surface area contributed by atoms with Gasteiger partial charge >= 0.3 is 0 Å². The minimum Gasteiger partial charge on any atom is -0.342 e. The Morgan fingerprint density at radius 3 is 2.51 bits per heavy atom. The van der Waals surface area contributed by atoms with Crippen LogP contribution in [0.15, 0.2) is 46.0 Å². The summed E-state index contributed by atoms with van der Waals surface area (Å²) in [5, 5.41) is 15.7.